The van der Waals surface area contributed by atoms with Crippen LogP contribution in [0.15, 0.2) is 0 Å². The van der Waals surface area contributed by atoms with Crippen molar-refractivity contribution in [2.75, 3.05) is 26.2 Å². The van der Waals surface area contributed by atoms with Gasteiger partial charge in [-0.05, 0) is 59.0 Å². The highest BCUT2D eigenvalue weighted by Gasteiger charge is 2.18. The zero-order valence-corrected chi connectivity index (χ0v) is 15.5. The third-order valence-electron chi connectivity index (χ3n) is 4.15. The van der Waals surface area contributed by atoms with Crippen molar-refractivity contribution >= 4 is 12.1 Å². The molecule has 6 heteroatoms. The average Bonchev–Trinajstić information content (AvgIpc) is 3.07. The summed E-state index contributed by atoms with van der Waals surface area (Å²) >= 11 is 0. The molecule has 1 aliphatic heterocycles. The van der Waals surface area contributed by atoms with E-state index < -0.39 is 12.3 Å². The first-order valence-corrected chi connectivity index (χ1v) is 9.42. The largest absolute Gasteiger partial charge is 0.508 e. The highest BCUT2D eigenvalue weighted by Crippen LogP contribution is 2.14. The minimum absolute atomic E-state index is 0.179. The molecule has 0 aromatic carbocycles. The van der Waals surface area contributed by atoms with Crippen molar-refractivity contribution in [2.24, 2.45) is 0 Å². The van der Waals surface area contributed by atoms with Crippen LogP contribution in [0.1, 0.15) is 58.3 Å². The van der Waals surface area contributed by atoms with Crippen molar-refractivity contribution < 1.29 is 23.8 Å². The number of rotatable bonds is 12. The monoisotopic (exact) mass is 355 g/mol. The van der Waals surface area contributed by atoms with E-state index in [2.05, 4.69) is 25.7 Å². The molecule has 0 spiro atoms. The van der Waals surface area contributed by atoms with Gasteiger partial charge < -0.3 is 19.1 Å². The Morgan fingerprint density at radius 3 is 2.44 bits per heavy atom. The molecule has 6 nitrogen and oxygen atoms in total. The second kappa shape index (κ2) is 13.0. The molecule has 0 N–H and O–H groups in total. The van der Waals surface area contributed by atoms with Crippen molar-refractivity contribution in [3.8, 4) is 0 Å². The van der Waals surface area contributed by atoms with Crippen LogP contribution in [0.5, 0.6) is 0 Å². The Balaban J connectivity index is 2.22. The van der Waals surface area contributed by atoms with Crippen LogP contribution in [-0.2, 0) is 19.0 Å². The van der Waals surface area contributed by atoms with E-state index in [1.165, 1.54) is 12.8 Å². The molecule has 0 aromatic rings. The predicted octanol–water partition coefficient (Wildman–Crippen LogP) is 3.54. The van der Waals surface area contributed by atoms with Gasteiger partial charge in [0.1, 0.15) is 12.2 Å². The fraction of sp³-hybridized carbons (Fsp3) is 0.789. The number of hydrogen-bond donors (Lipinski definition) is 0. The lowest BCUT2D eigenvalue weighted by Crippen LogP contribution is -2.24. The number of hydrogen-bond acceptors (Lipinski definition) is 6. The molecule has 1 rings (SSSR count). The Kier molecular flexibility index (Phi) is 11.3. The Bertz CT molecular complexity index is 380. The molecule has 144 valence electrons. The Morgan fingerprint density at radius 1 is 1.08 bits per heavy atom. The molecule has 0 bridgehead atoms. The number of unbranched alkanes of at least 4 members (excludes halogenated alkanes) is 1. The van der Waals surface area contributed by atoms with Crippen LogP contribution < -0.4 is 0 Å². The fourth-order valence-electron chi connectivity index (χ4n) is 2.84. The average molecular weight is 355 g/mol. The van der Waals surface area contributed by atoms with Crippen molar-refractivity contribution in [2.45, 2.75) is 70.5 Å². The first-order chi connectivity index (χ1) is 12.0. The van der Waals surface area contributed by atoms with Gasteiger partial charge in [0.05, 0.1) is 6.61 Å². The molecule has 0 aromatic heterocycles. The maximum atomic E-state index is 11.8. The highest BCUT2D eigenvalue weighted by molar-refractivity contribution is 5.69. The lowest BCUT2D eigenvalue weighted by Gasteiger charge is -2.18. The van der Waals surface area contributed by atoms with E-state index in [9.17, 15) is 9.59 Å². The Morgan fingerprint density at radius 2 is 1.80 bits per heavy atom. The van der Waals surface area contributed by atoms with E-state index >= 15 is 0 Å². The van der Waals surface area contributed by atoms with Crippen molar-refractivity contribution in [3.05, 3.63) is 13.8 Å². The lowest BCUT2D eigenvalue weighted by atomic mass is 10.1. The van der Waals surface area contributed by atoms with Crippen molar-refractivity contribution in [3.63, 3.8) is 0 Å². The summed E-state index contributed by atoms with van der Waals surface area (Å²) in [5.74, 6) is -0.376. The Hall–Kier alpha value is -1.30. The highest BCUT2D eigenvalue weighted by atomic mass is 16.7. The van der Waals surface area contributed by atoms with Crippen LogP contribution >= 0.6 is 0 Å². The van der Waals surface area contributed by atoms with Gasteiger partial charge in [0.15, 0.2) is 0 Å². The maximum Gasteiger partial charge on any atom is 0.508 e. The molecular formula is C19H33NO5. The zero-order chi connectivity index (χ0) is 18.5. The topological polar surface area (TPSA) is 65.1 Å². The van der Waals surface area contributed by atoms with E-state index in [4.69, 9.17) is 14.2 Å². The molecule has 1 heterocycles. The van der Waals surface area contributed by atoms with E-state index in [0.717, 1.165) is 38.9 Å². The van der Waals surface area contributed by atoms with Crippen LogP contribution in [-0.4, -0.2) is 55.5 Å². The summed E-state index contributed by atoms with van der Waals surface area (Å²) in [5, 5.41) is 0. The Labute approximate surface area is 152 Å². The summed E-state index contributed by atoms with van der Waals surface area (Å²) < 4.78 is 15.4. The maximum absolute atomic E-state index is 11.8. The van der Waals surface area contributed by atoms with E-state index in [1.807, 2.05) is 0 Å². The summed E-state index contributed by atoms with van der Waals surface area (Å²) in [5.41, 5.74) is 0. The van der Waals surface area contributed by atoms with Crippen LogP contribution in [0.25, 0.3) is 0 Å². The quantitative estimate of drug-likeness (QED) is 0.394. The van der Waals surface area contributed by atoms with Gasteiger partial charge in [-0.25, -0.2) is 4.79 Å². The molecule has 2 radical (unpaired) electrons. The second-order valence-corrected chi connectivity index (χ2v) is 6.53. The van der Waals surface area contributed by atoms with Gasteiger partial charge in [0, 0.05) is 13.0 Å². The molecule has 0 saturated carbocycles. The van der Waals surface area contributed by atoms with Gasteiger partial charge in [-0.15, -0.1) is 0 Å². The van der Waals surface area contributed by atoms with Crippen molar-refractivity contribution in [1.29, 1.82) is 0 Å². The van der Waals surface area contributed by atoms with Gasteiger partial charge >= 0.3 is 12.1 Å². The molecule has 0 amide bonds. The smallest absolute Gasteiger partial charge is 0.462 e. The summed E-state index contributed by atoms with van der Waals surface area (Å²) in [4.78, 5) is 25.8. The predicted molar refractivity (Wildman–Crippen MR) is 95.9 cm³/mol. The SMILES string of the molecule is [CH2]C([CH2])OC(=O)CCC(CCCC)OC(=O)OCCCN1CCCC1. The van der Waals surface area contributed by atoms with Gasteiger partial charge in [0.2, 0.25) is 0 Å². The standard InChI is InChI=1S/C19H33NO5/c1-4-5-9-17(10-11-18(21)24-16(2)3)25-19(22)23-15-8-14-20-12-6-7-13-20/h16-17H,2-15H2,1H3. The third-order valence-corrected chi connectivity index (χ3v) is 4.15. The number of esters is 1. The summed E-state index contributed by atoms with van der Waals surface area (Å²) in [6, 6.07) is 0. The summed E-state index contributed by atoms with van der Waals surface area (Å²) in [7, 11) is 0. The van der Waals surface area contributed by atoms with E-state index in [-0.39, 0.29) is 18.5 Å². The molecule has 1 fully saturated rings. The number of carbonyl (C=O) groups is 2. The molecule has 1 saturated heterocycles. The van der Waals surface area contributed by atoms with Gasteiger partial charge in [-0.2, -0.15) is 0 Å². The first-order valence-electron chi connectivity index (χ1n) is 9.42. The van der Waals surface area contributed by atoms with Crippen molar-refractivity contribution in [1.82, 2.24) is 4.90 Å². The minimum atomic E-state index is -0.650. The molecule has 1 atom stereocenters. The fourth-order valence-corrected chi connectivity index (χ4v) is 2.84. The number of nitrogens with zero attached hydrogens (tertiary/aromatic N) is 1. The van der Waals surface area contributed by atoms with Gasteiger partial charge in [-0.1, -0.05) is 19.8 Å². The molecular weight excluding hydrogens is 322 g/mol. The minimum Gasteiger partial charge on any atom is -0.462 e. The second-order valence-electron chi connectivity index (χ2n) is 6.53. The molecule has 1 unspecified atom stereocenters. The van der Waals surface area contributed by atoms with Crippen LogP contribution in [0, 0.1) is 13.8 Å². The summed E-state index contributed by atoms with van der Waals surface area (Å²) in [6.07, 6.45) is 4.97. The normalized spacial score (nSPS) is 16.0. The van der Waals surface area contributed by atoms with Crippen LogP contribution in [0.4, 0.5) is 4.79 Å². The zero-order valence-electron chi connectivity index (χ0n) is 15.5. The number of ether oxygens (including phenoxy) is 3. The molecule has 0 aliphatic carbocycles. The van der Waals surface area contributed by atoms with Crippen LogP contribution in [0.2, 0.25) is 0 Å². The van der Waals surface area contributed by atoms with Crippen LogP contribution in [0.3, 0.4) is 0 Å². The molecule has 1 aliphatic rings. The van der Waals surface area contributed by atoms with E-state index in [1.54, 1.807) is 0 Å². The molecule has 25 heavy (non-hydrogen) atoms. The summed E-state index contributed by atoms with van der Waals surface area (Å²) in [6.45, 7) is 12.7. The first kappa shape index (κ1) is 21.7. The van der Waals surface area contributed by atoms with E-state index in [0.29, 0.717) is 19.4 Å². The number of likely N-dealkylation sites (tertiary alicyclic amines) is 1. The van der Waals surface area contributed by atoms with Gasteiger partial charge in [-0.3, -0.25) is 4.79 Å². The van der Waals surface area contributed by atoms with Gasteiger partial charge in [0.25, 0.3) is 0 Å². The number of carbonyl (C=O) groups excluding carboxylic acids is 2. The lowest BCUT2D eigenvalue weighted by molar-refractivity contribution is -0.146. The third kappa shape index (κ3) is 11.0.